The molecule has 4 rings (SSSR count). The van der Waals surface area contributed by atoms with Crippen LogP contribution in [0.5, 0.6) is 0 Å². The molecular weight excluding hydrogens is 334 g/mol. The maximum Gasteiger partial charge on any atom is 0.269 e. The highest BCUT2D eigenvalue weighted by Crippen LogP contribution is 2.27. The minimum Gasteiger partial charge on any atom is -0.342 e. The van der Waals surface area contributed by atoms with E-state index in [-0.39, 0.29) is 11.2 Å². The van der Waals surface area contributed by atoms with Gasteiger partial charge in [0, 0.05) is 31.4 Å². The van der Waals surface area contributed by atoms with Gasteiger partial charge in [0.15, 0.2) is 5.65 Å². The van der Waals surface area contributed by atoms with Crippen molar-refractivity contribution in [1.82, 2.24) is 15.0 Å². The fourth-order valence-corrected chi connectivity index (χ4v) is 3.31. The quantitative estimate of drug-likeness (QED) is 0.574. The first-order valence-corrected chi connectivity index (χ1v) is 8.52. The Morgan fingerprint density at radius 3 is 2.50 bits per heavy atom. The Morgan fingerprint density at radius 1 is 1.08 bits per heavy atom. The molecule has 0 bridgehead atoms. The summed E-state index contributed by atoms with van der Waals surface area (Å²) in [6, 6.07) is 7.83. The number of anilines is 1. The van der Waals surface area contributed by atoms with E-state index in [4.69, 9.17) is 0 Å². The lowest BCUT2D eigenvalue weighted by molar-refractivity contribution is -0.384. The van der Waals surface area contributed by atoms with E-state index in [0.717, 1.165) is 25.9 Å². The number of fused-ring (bicyclic) bond motifs is 1. The zero-order valence-electron chi connectivity index (χ0n) is 14.0. The minimum atomic E-state index is -0.451. The van der Waals surface area contributed by atoms with E-state index in [9.17, 15) is 14.9 Å². The minimum absolute atomic E-state index is 0.00605. The van der Waals surface area contributed by atoms with Gasteiger partial charge in [0.05, 0.1) is 10.3 Å². The summed E-state index contributed by atoms with van der Waals surface area (Å²) < 4.78 is 0. The van der Waals surface area contributed by atoms with E-state index in [1.807, 2.05) is 0 Å². The third-order valence-corrected chi connectivity index (χ3v) is 4.64. The van der Waals surface area contributed by atoms with Gasteiger partial charge in [-0.15, -0.1) is 0 Å². The highest BCUT2D eigenvalue weighted by Gasteiger charge is 2.17. The van der Waals surface area contributed by atoms with E-state index in [0.29, 0.717) is 28.1 Å². The molecule has 26 heavy (non-hydrogen) atoms. The number of H-pyrrole nitrogens is 1. The van der Waals surface area contributed by atoms with Crippen molar-refractivity contribution in [3.8, 4) is 11.1 Å². The molecule has 132 valence electrons. The Balaban J connectivity index is 1.81. The normalized spacial score (nSPS) is 14.5. The summed E-state index contributed by atoms with van der Waals surface area (Å²) in [5.74, 6) is 0.551. The molecule has 8 nitrogen and oxygen atoms in total. The Bertz CT molecular complexity index is 1020. The van der Waals surface area contributed by atoms with Crippen LogP contribution in [0.1, 0.15) is 19.3 Å². The standard InChI is InChI=1S/C18H17N5O3/c24-17-15-14(12-4-6-13(7-5-12)23(25)26)8-9-19-16(15)20-18(21-17)22-10-2-1-3-11-22/h4-9H,1-3,10-11H2,(H,19,20,21,24). The fraction of sp³-hybridized carbons (Fsp3) is 0.278. The maximum atomic E-state index is 12.7. The molecule has 0 unspecified atom stereocenters. The van der Waals surface area contributed by atoms with Gasteiger partial charge in [0.25, 0.3) is 11.2 Å². The lowest BCUT2D eigenvalue weighted by atomic mass is 10.0. The number of nitrogens with zero attached hydrogens (tertiary/aromatic N) is 4. The first-order valence-electron chi connectivity index (χ1n) is 8.52. The van der Waals surface area contributed by atoms with Crippen molar-refractivity contribution >= 4 is 22.7 Å². The molecule has 1 aliphatic heterocycles. The maximum absolute atomic E-state index is 12.7. The summed E-state index contributed by atoms with van der Waals surface area (Å²) >= 11 is 0. The average Bonchev–Trinajstić information content (AvgIpc) is 2.68. The molecule has 8 heteroatoms. The lowest BCUT2D eigenvalue weighted by Crippen LogP contribution is -2.32. The van der Waals surface area contributed by atoms with Gasteiger partial charge in [-0.25, -0.2) is 4.98 Å². The Morgan fingerprint density at radius 2 is 1.81 bits per heavy atom. The highest BCUT2D eigenvalue weighted by atomic mass is 16.6. The molecular formula is C18H17N5O3. The SMILES string of the molecule is O=c1[nH]c(N2CCCCC2)nc2nccc(-c3ccc([N+](=O)[O-])cc3)c12. The summed E-state index contributed by atoms with van der Waals surface area (Å²) in [6.45, 7) is 1.74. The molecule has 2 aromatic heterocycles. The van der Waals surface area contributed by atoms with Crippen molar-refractivity contribution in [3.63, 3.8) is 0 Å². The number of hydrogen-bond donors (Lipinski definition) is 1. The van der Waals surface area contributed by atoms with E-state index < -0.39 is 4.92 Å². The number of rotatable bonds is 3. The molecule has 1 aliphatic rings. The van der Waals surface area contributed by atoms with E-state index >= 15 is 0 Å². The first kappa shape index (κ1) is 16.2. The van der Waals surface area contributed by atoms with Crippen LogP contribution in [0.2, 0.25) is 0 Å². The molecule has 0 radical (unpaired) electrons. The number of nitro groups is 1. The molecule has 0 aliphatic carbocycles. The van der Waals surface area contributed by atoms with Gasteiger partial charge in [-0.1, -0.05) is 0 Å². The summed E-state index contributed by atoms with van der Waals surface area (Å²) in [5.41, 5.74) is 1.50. The van der Waals surface area contributed by atoms with E-state index in [2.05, 4.69) is 19.9 Å². The number of non-ortho nitro benzene ring substituents is 1. The summed E-state index contributed by atoms with van der Waals surface area (Å²) in [4.78, 5) is 36.9. The van der Waals surface area contributed by atoms with Crippen molar-refractivity contribution in [2.75, 3.05) is 18.0 Å². The number of pyridine rings is 1. The Hall–Kier alpha value is -3.29. The molecule has 0 spiro atoms. The summed E-state index contributed by atoms with van der Waals surface area (Å²) in [6.07, 6.45) is 4.96. The second-order valence-corrected chi connectivity index (χ2v) is 6.30. The average molecular weight is 351 g/mol. The van der Waals surface area contributed by atoms with Gasteiger partial charge < -0.3 is 4.90 Å². The van der Waals surface area contributed by atoms with Gasteiger partial charge in [-0.3, -0.25) is 19.9 Å². The largest absolute Gasteiger partial charge is 0.342 e. The van der Waals surface area contributed by atoms with Crippen LogP contribution >= 0.6 is 0 Å². The number of nitrogens with one attached hydrogen (secondary N) is 1. The van der Waals surface area contributed by atoms with Crippen LogP contribution in [0.3, 0.4) is 0 Å². The van der Waals surface area contributed by atoms with E-state index in [1.54, 1.807) is 24.4 Å². The number of aromatic amines is 1. The van der Waals surface area contributed by atoms with Gasteiger partial charge in [0.1, 0.15) is 0 Å². The van der Waals surface area contributed by atoms with Crippen molar-refractivity contribution in [3.05, 3.63) is 57.0 Å². The monoisotopic (exact) mass is 351 g/mol. The number of hydrogen-bond acceptors (Lipinski definition) is 6. The van der Waals surface area contributed by atoms with E-state index in [1.165, 1.54) is 18.6 Å². The van der Waals surface area contributed by atoms with Crippen molar-refractivity contribution in [1.29, 1.82) is 0 Å². The molecule has 1 saturated heterocycles. The lowest BCUT2D eigenvalue weighted by Gasteiger charge is -2.27. The predicted molar refractivity (Wildman–Crippen MR) is 98.3 cm³/mol. The van der Waals surface area contributed by atoms with Crippen LogP contribution in [0.15, 0.2) is 41.3 Å². The predicted octanol–water partition coefficient (Wildman–Crippen LogP) is 2.88. The Kier molecular flexibility index (Phi) is 4.08. The van der Waals surface area contributed by atoms with Gasteiger partial charge in [-0.2, -0.15) is 4.98 Å². The van der Waals surface area contributed by atoms with Gasteiger partial charge in [0.2, 0.25) is 5.95 Å². The number of piperidine rings is 1. The summed E-state index contributed by atoms with van der Waals surface area (Å²) in [7, 11) is 0. The van der Waals surface area contributed by atoms with Crippen LogP contribution < -0.4 is 10.5 Å². The zero-order chi connectivity index (χ0) is 18.1. The van der Waals surface area contributed by atoms with Gasteiger partial charge >= 0.3 is 0 Å². The molecule has 0 atom stereocenters. The molecule has 3 heterocycles. The fourth-order valence-electron chi connectivity index (χ4n) is 3.31. The second kappa shape index (κ2) is 6.55. The van der Waals surface area contributed by atoms with Crippen molar-refractivity contribution < 1.29 is 4.92 Å². The molecule has 0 amide bonds. The smallest absolute Gasteiger partial charge is 0.269 e. The topological polar surface area (TPSA) is 105 Å². The number of benzene rings is 1. The van der Waals surface area contributed by atoms with Crippen molar-refractivity contribution in [2.45, 2.75) is 19.3 Å². The Labute approximate surface area is 148 Å². The number of nitro benzene ring substituents is 1. The molecule has 1 aromatic carbocycles. The third kappa shape index (κ3) is 2.90. The van der Waals surface area contributed by atoms with Crippen LogP contribution in [-0.2, 0) is 0 Å². The molecule has 0 saturated carbocycles. The number of aromatic nitrogens is 3. The van der Waals surface area contributed by atoms with Crippen LogP contribution in [0.25, 0.3) is 22.2 Å². The van der Waals surface area contributed by atoms with Crippen LogP contribution in [-0.4, -0.2) is 33.0 Å². The molecule has 1 N–H and O–H groups in total. The third-order valence-electron chi connectivity index (χ3n) is 4.64. The molecule has 1 fully saturated rings. The van der Waals surface area contributed by atoms with Crippen LogP contribution in [0.4, 0.5) is 11.6 Å². The summed E-state index contributed by atoms with van der Waals surface area (Å²) in [5, 5.41) is 11.2. The highest BCUT2D eigenvalue weighted by molar-refractivity contribution is 5.92. The van der Waals surface area contributed by atoms with Gasteiger partial charge in [-0.05, 0) is 48.6 Å². The van der Waals surface area contributed by atoms with Crippen molar-refractivity contribution in [2.24, 2.45) is 0 Å². The zero-order valence-corrected chi connectivity index (χ0v) is 14.0. The van der Waals surface area contributed by atoms with Crippen LogP contribution in [0, 0.1) is 10.1 Å². The molecule has 3 aromatic rings. The first-order chi connectivity index (χ1) is 12.6. The second-order valence-electron chi connectivity index (χ2n) is 6.30.